The van der Waals surface area contributed by atoms with Gasteiger partial charge < -0.3 is 9.88 Å². The van der Waals surface area contributed by atoms with Crippen LogP contribution in [0.15, 0.2) is 48.5 Å². The Balaban J connectivity index is 1.59. The largest absolute Gasteiger partial charge is 0.348 e. The molecule has 180 valence electrons. The maximum atomic E-state index is 13.2. The number of halogens is 2. The van der Waals surface area contributed by atoms with Crippen LogP contribution in [0, 0.1) is 0 Å². The number of rotatable bonds is 5. The fourth-order valence-electron chi connectivity index (χ4n) is 4.41. The number of amides is 2. The number of benzene rings is 2. The van der Waals surface area contributed by atoms with E-state index >= 15 is 0 Å². The summed E-state index contributed by atoms with van der Waals surface area (Å²) < 4.78 is 30.7. The van der Waals surface area contributed by atoms with E-state index in [1.807, 2.05) is 35.1 Å². The molecule has 1 fully saturated rings. The smallest absolute Gasteiger partial charge is 0.304 e. The lowest BCUT2D eigenvalue weighted by Gasteiger charge is -2.38. The summed E-state index contributed by atoms with van der Waals surface area (Å²) in [5.74, 6) is -0.947. The second-order valence-electron chi connectivity index (χ2n) is 8.28. The molecule has 0 saturated carbocycles. The first-order valence-corrected chi connectivity index (χ1v) is 12.9. The van der Waals surface area contributed by atoms with Crippen molar-refractivity contribution in [3.63, 3.8) is 0 Å². The van der Waals surface area contributed by atoms with Gasteiger partial charge in [0.2, 0.25) is 5.91 Å². The van der Waals surface area contributed by atoms with Gasteiger partial charge in [0.05, 0.1) is 16.1 Å². The molecule has 0 aliphatic carbocycles. The lowest BCUT2D eigenvalue weighted by Crippen LogP contribution is -2.51. The predicted molar refractivity (Wildman–Crippen MR) is 132 cm³/mol. The van der Waals surface area contributed by atoms with Gasteiger partial charge in [-0.1, -0.05) is 53.5 Å². The molecule has 8 nitrogen and oxygen atoms in total. The van der Waals surface area contributed by atoms with Crippen molar-refractivity contribution in [1.29, 1.82) is 0 Å². The van der Waals surface area contributed by atoms with Gasteiger partial charge >= 0.3 is 10.2 Å². The van der Waals surface area contributed by atoms with E-state index in [0.29, 0.717) is 34.0 Å². The van der Waals surface area contributed by atoms with E-state index in [4.69, 9.17) is 23.2 Å². The number of carbonyl (C=O) groups is 2. The molecule has 0 bridgehead atoms. The molecule has 2 amide bonds. The summed E-state index contributed by atoms with van der Waals surface area (Å²) in [4.78, 5) is 24.6. The molecule has 4 rings (SSSR count). The summed E-state index contributed by atoms with van der Waals surface area (Å²) in [5, 5.41) is 4.51. The Labute approximate surface area is 208 Å². The van der Waals surface area contributed by atoms with Gasteiger partial charge in [0, 0.05) is 37.5 Å². The zero-order chi connectivity index (χ0) is 24.6. The average molecular weight is 523 g/mol. The van der Waals surface area contributed by atoms with E-state index in [-0.39, 0.29) is 18.5 Å². The SMILES string of the molecule is CC(=O)NS(=O)(=O)N1CC[C@H](NC(=O)c2cc3c(Cl)c(Cl)ccc3n2C)C[C@H]1c1ccccc1. The molecule has 3 aromatic rings. The average Bonchev–Trinajstić information content (AvgIpc) is 3.13. The lowest BCUT2D eigenvalue weighted by atomic mass is 9.93. The minimum absolute atomic E-state index is 0.143. The van der Waals surface area contributed by atoms with E-state index in [1.165, 1.54) is 4.31 Å². The van der Waals surface area contributed by atoms with Gasteiger partial charge in [-0.3, -0.25) is 9.59 Å². The van der Waals surface area contributed by atoms with Crippen LogP contribution >= 0.6 is 23.2 Å². The predicted octanol–water partition coefficient (Wildman–Crippen LogP) is 3.80. The van der Waals surface area contributed by atoms with Crippen LogP contribution in [-0.4, -0.2) is 41.7 Å². The molecule has 2 heterocycles. The molecular formula is C23H24Cl2N4O4S. The van der Waals surface area contributed by atoms with Crippen molar-refractivity contribution in [2.75, 3.05) is 6.54 Å². The maximum absolute atomic E-state index is 13.2. The first-order chi connectivity index (χ1) is 16.1. The highest BCUT2D eigenvalue weighted by Gasteiger charge is 2.38. The molecule has 1 aliphatic heterocycles. The van der Waals surface area contributed by atoms with Crippen LogP contribution in [0.25, 0.3) is 10.9 Å². The zero-order valence-corrected chi connectivity index (χ0v) is 20.9. The van der Waals surface area contributed by atoms with Crippen molar-refractivity contribution in [3.05, 3.63) is 69.8 Å². The Morgan fingerprint density at radius 1 is 1.09 bits per heavy atom. The van der Waals surface area contributed by atoms with E-state index in [2.05, 4.69) is 5.32 Å². The van der Waals surface area contributed by atoms with Gasteiger partial charge in [0.1, 0.15) is 5.69 Å². The number of aryl methyl sites for hydroxylation is 1. The van der Waals surface area contributed by atoms with Gasteiger partial charge in [-0.2, -0.15) is 12.7 Å². The third-order valence-corrected chi connectivity index (χ3v) is 8.42. The molecule has 2 N–H and O–H groups in total. The molecular weight excluding hydrogens is 499 g/mol. The van der Waals surface area contributed by atoms with Crippen LogP contribution in [0.1, 0.15) is 41.9 Å². The third-order valence-electron chi connectivity index (χ3n) is 6.00. The fourth-order valence-corrected chi connectivity index (χ4v) is 6.16. The summed E-state index contributed by atoms with van der Waals surface area (Å²) in [5.41, 5.74) is 1.98. The molecule has 2 atom stereocenters. The fraction of sp³-hybridized carbons (Fsp3) is 0.304. The van der Waals surface area contributed by atoms with Gasteiger partial charge in [0.25, 0.3) is 5.91 Å². The quantitative estimate of drug-likeness (QED) is 0.532. The van der Waals surface area contributed by atoms with Crippen LogP contribution < -0.4 is 10.0 Å². The van der Waals surface area contributed by atoms with Gasteiger partial charge in [-0.15, -0.1) is 0 Å². The number of nitrogens with one attached hydrogen (secondary N) is 2. The van der Waals surface area contributed by atoms with E-state index in [1.54, 1.807) is 29.8 Å². The molecule has 0 spiro atoms. The van der Waals surface area contributed by atoms with Crippen molar-refractivity contribution in [1.82, 2.24) is 18.9 Å². The number of hydrogen-bond acceptors (Lipinski definition) is 4. The van der Waals surface area contributed by atoms with Crippen LogP contribution in [0.2, 0.25) is 10.0 Å². The molecule has 1 saturated heterocycles. The summed E-state index contributed by atoms with van der Waals surface area (Å²) in [6.45, 7) is 1.30. The van der Waals surface area contributed by atoms with Crippen molar-refractivity contribution in [2.45, 2.75) is 31.8 Å². The Hall–Kier alpha value is -2.59. The van der Waals surface area contributed by atoms with Crippen LogP contribution in [-0.2, 0) is 22.1 Å². The molecule has 1 aromatic heterocycles. The third kappa shape index (κ3) is 4.79. The molecule has 0 unspecified atom stereocenters. The molecule has 2 aromatic carbocycles. The van der Waals surface area contributed by atoms with Gasteiger partial charge in [0.15, 0.2) is 0 Å². The zero-order valence-electron chi connectivity index (χ0n) is 18.6. The van der Waals surface area contributed by atoms with E-state index in [0.717, 1.165) is 18.0 Å². The monoisotopic (exact) mass is 522 g/mol. The van der Waals surface area contributed by atoms with Crippen LogP contribution in [0.5, 0.6) is 0 Å². The summed E-state index contributed by atoms with van der Waals surface area (Å²) in [7, 11) is -2.25. The highest BCUT2D eigenvalue weighted by molar-refractivity contribution is 7.87. The normalized spacial score (nSPS) is 19.2. The second kappa shape index (κ2) is 9.58. The molecule has 0 radical (unpaired) electrons. The van der Waals surface area contributed by atoms with Gasteiger partial charge in [-0.25, -0.2) is 4.72 Å². The second-order valence-corrected chi connectivity index (χ2v) is 10.7. The lowest BCUT2D eigenvalue weighted by molar-refractivity contribution is -0.117. The van der Waals surface area contributed by atoms with E-state index < -0.39 is 22.2 Å². The van der Waals surface area contributed by atoms with Crippen LogP contribution in [0.3, 0.4) is 0 Å². The highest BCUT2D eigenvalue weighted by atomic mass is 35.5. The van der Waals surface area contributed by atoms with Crippen molar-refractivity contribution in [3.8, 4) is 0 Å². The Morgan fingerprint density at radius 2 is 1.79 bits per heavy atom. The number of fused-ring (bicyclic) bond motifs is 1. The van der Waals surface area contributed by atoms with Crippen molar-refractivity contribution >= 4 is 56.1 Å². The Kier molecular flexibility index (Phi) is 6.91. The number of aromatic nitrogens is 1. The Morgan fingerprint density at radius 3 is 2.47 bits per heavy atom. The van der Waals surface area contributed by atoms with Crippen molar-refractivity contribution in [2.24, 2.45) is 7.05 Å². The van der Waals surface area contributed by atoms with Crippen molar-refractivity contribution < 1.29 is 18.0 Å². The molecule has 1 aliphatic rings. The topological polar surface area (TPSA) is 101 Å². The number of nitrogens with zero attached hydrogens (tertiary/aromatic N) is 2. The first-order valence-electron chi connectivity index (χ1n) is 10.7. The number of carbonyl (C=O) groups excluding carboxylic acids is 2. The minimum Gasteiger partial charge on any atom is -0.348 e. The summed E-state index contributed by atoms with van der Waals surface area (Å²) in [6.07, 6.45) is 0.746. The van der Waals surface area contributed by atoms with E-state index in [9.17, 15) is 18.0 Å². The standard InChI is InChI=1S/C23H24Cl2N4O4S/c1-14(30)27-34(32,33)29-11-10-16(12-20(29)15-6-4-3-5-7-15)26-23(31)21-13-17-19(28(21)2)9-8-18(24)22(17)25/h3-9,13,16,20H,10-12H2,1-2H3,(H,26,31)(H,27,30)/t16-,20-/m0/s1. The van der Waals surface area contributed by atoms with Gasteiger partial charge in [-0.05, 0) is 36.6 Å². The highest BCUT2D eigenvalue weighted by Crippen LogP contribution is 2.34. The summed E-state index contributed by atoms with van der Waals surface area (Å²) >= 11 is 12.4. The molecule has 34 heavy (non-hydrogen) atoms. The summed E-state index contributed by atoms with van der Waals surface area (Å²) in [6, 6.07) is 13.5. The molecule has 11 heteroatoms. The first kappa shape index (κ1) is 24.5. The maximum Gasteiger partial charge on any atom is 0.304 e. The number of hydrogen-bond donors (Lipinski definition) is 2. The minimum atomic E-state index is -4.03. The van der Waals surface area contributed by atoms with Crippen LogP contribution in [0.4, 0.5) is 0 Å². The Bertz CT molecular complexity index is 1360. The number of piperidine rings is 1.